The maximum atomic E-state index is 12.9. The van der Waals surface area contributed by atoms with Crippen molar-refractivity contribution in [1.29, 1.82) is 0 Å². The molecule has 0 aliphatic carbocycles. The van der Waals surface area contributed by atoms with Gasteiger partial charge in [0.25, 0.3) is 0 Å². The molecule has 0 amide bonds. The van der Waals surface area contributed by atoms with E-state index in [1.54, 1.807) is 6.07 Å². The largest absolute Gasteiger partial charge is 0.391 e. The van der Waals surface area contributed by atoms with E-state index in [0.717, 1.165) is 18.4 Å². The van der Waals surface area contributed by atoms with Gasteiger partial charge in [-0.3, -0.25) is 0 Å². The van der Waals surface area contributed by atoms with Gasteiger partial charge in [-0.05, 0) is 30.5 Å². The van der Waals surface area contributed by atoms with Gasteiger partial charge in [0.05, 0.1) is 19.3 Å². The van der Waals surface area contributed by atoms with E-state index in [2.05, 4.69) is 0 Å². The SMILES string of the molecule is NC(=S)[C@H]1CC[C@@H](COCc2cccc(F)c2)O1. The van der Waals surface area contributed by atoms with Crippen LogP contribution in [0.4, 0.5) is 4.39 Å². The molecule has 5 heteroatoms. The van der Waals surface area contributed by atoms with E-state index in [1.807, 2.05) is 6.07 Å². The summed E-state index contributed by atoms with van der Waals surface area (Å²) < 4.78 is 24.1. The molecule has 2 N–H and O–H groups in total. The lowest BCUT2D eigenvalue weighted by Gasteiger charge is -2.13. The fourth-order valence-corrected chi connectivity index (χ4v) is 2.15. The van der Waals surface area contributed by atoms with E-state index >= 15 is 0 Å². The second kappa shape index (κ2) is 6.22. The second-order valence-corrected chi connectivity index (χ2v) is 4.84. The predicted octanol–water partition coefficient (Wildman–Crippen LogP) is 2.18. The zero-order valence-corrected chi connectivity index (χ0v) is 10.8. The first-order valence-electron chi connectivity index (χ1n) is 5.92. The quantitative estimate of drug-likeness (QED) is 0.832. The molecule has 0 unspecified atom stereocenters. The van der Waals surface area contributed by atoms with Crippen LogP contribution in [0.25, 0.3) is 0 Å². The van der Waals surface area contributed by atoms with Crippen LogP contribution in [0, 0.1) is 5.82 Å². The third kappa shape index (κ3) is 3.73. The van der Waals surface area contributed by atoms with Crippen molar-refractivity contribution in [3.05, 3.63) is 35.6 Å². The molecule has 1 aromatic rings. The van der Waals surface area contributed by atoms with Crippen molar-refractivity contribution in [3.8, 4) is 0 Å². The van der Waals surface area contributed by atoms with Crippen molar-refractivity contribution in [2.45, 2.75) is 31.7 Å². The van der Waals surface area contributed by atoms with Gasteiger partial charge in [-0.15, -0.1) is 0 Å². The van der Waals surface area contributed by atoms with Crippen LogP contribution in [0.15, 0.2) is 24.3 Å². The van der Waals surface area contributed by atoms with Gasteiger partial charge in [-0.1, -0.05) is 24.4 Å². The molecule has 0 bridgehead atoms. The molecule has 1 fully saturated rings. The van der Waals surface area contributed by atoms with Crippen molar-refractivity contribution < 1.29 is 13.9 Å². The summed E-state index contributed by atoms with van der Waals surface area (Å²) in [7, 11) is 0. The lowest BCUT2D eigenvalue weighted by atomic mass is 10.2. The first-order valence-corrected chi connectivity index (χ1v) is 6.33. The molecule has 2 atom stereocenters. The molecule has 1 aliphatic rings. The Balaban J connectivity index is 1.72. The van der Waals surface area contributed by atoms with E-state index in [0.29, 0.717) is 18.2 Å². The molecule has 0 spiro atoms. The standard InChI is InChI=1S/C13H16FNO2S/c14-10-3-1-2-9(6-10)7-16-8-11-4-5-12(17-11)13(15)18/h1-3,6,11-12H,4-5,7-8H2,(H2,15,18)/t11-,12+/m0/s1. The Hall–Kier alpha value is -1.04. The summed E-state index contributed by atoms with van der Waals surface area (Å²) in [5.74, 6) is -0.248. The van der Waals surface area contributed by atoms with E-state index in [1.165, 1.54) is 12.1 Å². The van der Waals surface area contributed by atoms with Crippen LogP contribution in [0.3, 0.4) is 0 Å². The van der Waals surface area contributed by atoms with Gasteiger partial charge in [0.15, 0.2) is 0 Å². The number of thiocarbonyl (C=S) groups is 1. The molecule has 2 rings (SSSR count). The number of nitrogens with two attached hydrogens (primary N) is 1. The van der Waals surface area contributed by atoms with E-state index in [-0.39, 0.29) is 18.0 Å². The summed E-state index contributed by atoms with van der Waals surface area (Å²) in [4.78, 5) is 0.405. The molecule has 1 aromatic carbocycles. The Labute approximate surface area is 111 Å². The number of hydrogen-bond acceptors (Lipinski definition) is 3. The Morgan fingerprint density at radius 2 is 2.33 bits per heavy atom. The van der Waals surface area contributed by atoms with Gasteiger partial charge in [0, 0.05) is 0 Å². The van der Waals surface area contributed by atoms with Crippen molar-refractivity contribution >= 4 is 17.2 Å². The maximum Gasteiger partial charge on any atom is 0.123 e. The smallest absolute Gasteiger partial charge is 0.123 e. The number of rotatable bonds is 5. The van der Waals surface area contributed by atoms with E-state index in [9.17, 15) is 4.39 Å². The Kier molecular flexibility index (Phi) is 4.63. The van der Waals surface area contributed by atoms with Gasteiger partial charge in [-0.2, -0.15) is 0 Å². The summed E-state index contributed by atoms with van der Waals surface area (Å²) in [5, 5.41) is 0. The number of hydrogen-bond donors (Lipinski definition) is 1. The van der Waals surface area contributed by atoms with Gasteiger partial charge in [0.2, 0.25) is 0 Å². The zero-order valence-electron chi connectivity index (χ0n) is 9.97. The Bertz CT molecular complexity index is 427. The molecule has 3 nitrogen and oxygen atoms in total. The van der Waals surface area contributed by atoms with Crippen LogP contribution in [0.2, 0.25) is 0 Å². The van der Waals surface area contributed by atoms with Crippen LogP contribution in [0.1, 0.15) is 18.4 Å². The fourth-order valence-electron chi connectivity index (χ4n) is 1.97. The summed E-state index contributed by atoms with van der Waals surface area (Å²) in [6.45, 7) is 0.866. The lowest BCUT2D eigenvalue weighted by molar-refractivity contribution is -0.00201. The van der Waals surface area contributed by atoms with Gasteiger partial charge in [0.1, 0.15) is 16.9 Å². The van der Waals surface area contributed by atoms with Crippen molar-refractivity contribution in [2.24, 2.45) is 5.73 Å². The molecular weight excluding hydrogens is 253 g/mol. The summed E-state index contributed by atoms with van der Waals surface area (Å²) in [6.07, 6.45) is 1.65. The van der Waals surface area contributed by atoms with Gasteiger partial charge in [-0.25, -0.2) is 4.39 Å². The van der Waals surface area contributed by atoms with E-state index < -0.39 is 0 Å². The maximum absolute atomic E-state index is 12.9. The van der Waals surface area contributed by atoms with Crippen molar-refractivity contribution in [1.82, 2.24) is 0 Å². The summed E-state index contributed by atoms with van der Waals surface area (Å²) in [5.41, 5.74) is 6.34. The zero-order chi connectivity index (χ0) is 13.0. The second-order valence-electron chi connectivity index (χ2n) is 4.37. The van der Waals surface area contributed by atoms with Gasteiger partial charge >= 0.3 is 0 Å². The normalized spacial score (nSPS) is 23.2. The lowest BCUT2D eigenvalue weighted by Crippen LogP contribution is -2.27. The van der Waals surface area contributed by atoms with Crippen LogP contribution in [0.5, 0.6) is 0 Å². The number of ether oxygens (including phenoxy) is 2. The predicted molar refractivity (Wildman–Crippen MR) is 70.7 cm³/mol. The van der Waals surface area contributed by atoms with E-state index in [4.69, 9.17) is 27.4 Å². The third-order valence-corrected chi connectivity index (χ3v) is 3.15. The van der Waals surface area contributed by atoms with Crippen LogP contribution < -0.4 is 5.73 Å². The van der Waals surface area contributed by atoms with Crippen LogP contribution in [-0.4, -0.2) is 23.8 Å². The monoisotopic (exact) mass is 269 g/mol. The molecule has 0 radical (unpaired) electrons. The fraction of sp³-hybridized carbons (Fsp3) is 0.462. The summed E-state index contributed by atoms with van der Waals surface area (Å²) >= 11 is 4.88. The highest BCUT2D eigenvalue weighted by Gasteiger charge is 2.26. The first-order chi connectivity index (χ1) is 8.65. The first kappa shape index (κ1) is 13.4. The molecule has 1 heterocycles. The average Bonchev–Trinajstić information content (AvgIpc) is 2.78. The minimum absolute atomic E-state index is 0.0325. The van der Waals surface area contributed by atoms with Crippen LogP contribution >= 0.6 is 12.2 Å². The Morgan fingerprint density at radius 3 is 3.00 bits per heavy atom. The van der Waals surface area contributed by atoms with Gasteiger partial charge < -0.3 is 15.2 Å². The number of benzene rings is 1. The minimum Gasteiger partial charge on any atom is -0.391 e. The average molecular weight is 269 g/mol. The number of halogens is 1. The highest BCUT2D eigenvalue weighted by Crippen LogP contribution is 2.20. The topological polar surface area (TPSA) is 44.5 Å². The summed E-state index contributed by atoms with van der Waals surface area (Å²) in [6, 6.07) is 6.38. The highest BCUT2D eigenvalue weighted by atomic mass is 32.1. The molecule has 1 saturated heterocycles. The Morgan fingerprint density at radius 1 is 1.50 bits per heavy atom. The molecule has 18 heavy (non-hydrogen) atoms. The molecule has 0 aromatic heterocycles. The van der Waals surface area contributed by atoms with Crippen molar-refractivity contribution in [3.63, 3.8) is 0 Å². The van der Waals surface area contributed by atoms with Crippen molar-refractivity contribution in [2.75, 3.05) is 6.61 Å². The molecular formula is C13H16FNO2S. The van der Waals surface area contributed by atoms with Crippen LogP contribution in [-0.2, 0) is 16.1 Å². The minimum atomic E-state index is -0.248. The molecule has 0 saturated carbocycles. The molecule has 98 valence electrons. The third-order valence-electron chi connectivity index (χ3n) is 2.89. The highest BCUT2D eigenvalue weighted by molar-refractivity contribution is 7.80. The molecule has 1 aliphatic heterocycles.